The number of anilines is 1. The summed E-state index contributed by atoms with van der Waals surface area (Å²) in [5.41, 5.74) is 3.41. The summed E-state index contributed by atoms with van der Waals surface area (Å²) >= 11 is 0. The van der Waals surface area contributed by atoms with Gasteiger partial charge in [0.25, 0.3) is 15.7 Å². The fourth-order valence-electron chi connectivity index (χ4n) is 4.49. The smallest absolute Gasteiger partial charge is 0.269 e. The van der Waals surface area contributed by atoms with Crippen LogP contribution in [0.2, 0.25) is 0 Å². The van der Waals surface area contributed by atoms with E-state index in [1.807, 2.05) is 79.7 Å². The fraction of sp³-hybridized carbons (Fsp3) is 0.200. The predicted molar refractivity (Wildman–Crippen MR) is 151 cm³/mol. The molecule has 1 atom stereocenters. The molecule has 4 aromatic rings. The number of nitrogens with zero attached hydrogens (tertiary/aromatic N) is 2. The minimum atomic E-state index is -4.12. The van der Waals surface area contributed by atoms with Crippen molar-refractivity contribution in [1.82, 2.24) is 0 Å². The second-order valence-electron chi connectivity index (χ2n) is 9.56. The van der Waals surface area contributed by atoms with E-state index in [9.17, 15) is 23.6 Å². The highest BCUT2D eigenvalue weighted by Crippen LogP contribution is 2.26. The monoisotopic (exact) mass is 546 g/mol. The largest absolute Gasteiger partial charge is 0.385 e. The summed E-state index contributed by atoms with van der Waals surface area (Å²) in [7, 11) is -4.12. The average Bonchev–Trinajstić information content (AvgIpc) is 2.93. The molecule has 0 aliphatic heterocycles. The van der Waals surface area contributed by atoms with E-state index in [1.54, 1.807) is 12.1 Å². The summed E-state index contributed by atoms with van der Waals surface area (Å²) in [4.78, 5) is 11.5. The second-order valence-corrected chi connectivity index (χ2v) is 11.4. The highest BCUT2D eigenvalue weighted by molar-refractivity contribution is 7.92. The Labute approximate surface area is 229 Å². The number of benzene rings is 4. The van der Waals surface area contributed by atoms with Gasteiger partial charge in [0.2, 0.25) is 0 Å². The molecular formula is C30H32N3O5S+. The van der Waals surface area contributed by atoms with Crippen molar-refractivity contribution in [2.45, 2.75) is 31.0 Å². The van der Waals surface area contributed by atoms with Gasteiger partial charge in [0.15, 0.2) is 0 Å². The molecule has 0 fully saturated rings. The van der Waals surface area contributed by atoms with E-state index in [4.69, 9.17) is 0 Å². The molecule has 0 bridgehead atoms. The molecule has 0 spiro atoms. The molecule has 4 aromatic carbocycles. The Morgan fingerprint density at radius 1 is 0.821 bits per heavy atom. The number of nitrogens with one attached hydrogen (secondary N) is 1. The third-order valence-electron chi connectivity index (χ3n) is 6.45. The molecule has 0 saturated heterocycles. The van der Waals surface area contributed by atoms with Crippen LogP contribution in [0.25, 0.3) is 0 Å². The molecule has 202 valence electrons. The number of aryl methyl sites for hydroxylation is 1. The van der Waals surface area contributed by atoms with Gasteiger partial charge in [-0.05, 0) is 31.2 Å². The van der Waals surface area contributed by atoms with Gasteiger partial charge in [-0.2, -0.15) is 0 Å². The topological polar surface area (TPSA) is 105 Å². The third-order valence-corrected chi connectivity index (χ3v) is 8.26. The van der Waals surface area contributed by atoms with Gasteiger partial charge >= 0.3 is 0 Å². The highest BCUT2D eigenvalue weighted by atomic mass is 32.2. The van der Waals surface area contributed by atoms with Crippen molar-refractivity contribution in [3.05, 3.63) is 136 Å². The van der Waals surface area contributed by atoms with E-state index >= 15 is 0 Å². The molecule has 0 radical (unpaired) electrons. The van der Waals surface area contributed by atoms with Crippen LogP contribution in [0.3, 0.4) is 0 Å². The average molecular weight is 547 g/mol. The molecule has 9 heteroatoms. The lowest BCUT2D eigenvalue weighted by Crippen LogP contribution is -3.10. The van der Waals surface area contributed by atoms with Crippen LogP contribution in [0.4, 0.5) is 11.4 Å². The van der Waals surface area contributed by atoms with Gasteiger partial charge < -0.3 is 10.0 Å². The Hall–Kier alpha value is -4.05. The standard InChI is InChI=1S/C30H31N3O5S/c1-24-12-14-27(15-13-24)32(39(37,38)30-18-16-28(17-19-30)33(35)36)23-29(34)22-31(20-25-8-4-2-5-9-25)21-26-10-6-3-7-11-26/h2-19,29,34H,20-23H2,1H3/p+1/t29-/m0/s1. The zero-order valence-electron chi connectivity index (χ0n) is 21.7. The first-order valence-electron chi connectivity index (χ1n) is 12.7. The lowest BCUT2D eigenvalue weighted by molar-refractivity contribution is -0.930. The number of rotatable bonds is 12. The molecule has 8 nitrogen and oxygen atoms in total. The Morgan fingerprint density at radius 2 is 1.33 bits per heavy atom. The number of quaternary nitrogens is 1. The minimum Gasteiger partial charge on any atom is -0.385 e. The Bertz CT molecular complexity index is 1420. The van der Waals surface area contributed by atoms with E-state index in [1.165, 1.54) is 28.6 Å². The maximum atomic E-state index is 13.7. The molecule has 2 N–H and O–H groups in total. The van der Waals surface area contributed by atoms with E-state index in [2.05, 4.69) is 0 Å². The fourth-order valence-corrected chi connectivity index (χ4v) is 5.99. The number of hydrogen-bond donors (Lipinski definition) is 2. The van der Waals surface area contributed by atoms with Crippen LogP contribution in [0, 0.1) is 17.0 Å². The first kappa shape index (κ1) is 28.0. The molecule has 0 aliphatic carbocycles. The predicted octanol–water partition coefficient (Wildman–Crippen LogP) is 3.74. The quantitative estimate of drug-likeness (QED) is 0.208. The van der Waals surface area contributed by atoms with Crippen LogP contribution in [0.5, 0.6) is 0 Å². The van der Waals surface area contributed by atoms with Crippen molar-refractivity contribution in [3.63, 3.8) is 0 Å². The molecule has 4 rings (SSSR count). The van der Waals surface area contributed by atoms with Gasteiger partial charge in [0.1, 0.15) is 25.7 Å². The molecule has 0 heterocycles. The van der Waals surface area contributed by atoms with E-state index < -0.39 is 21.1 Å². The molecule has 0 aliphatic rings. The summed E-state index contributed by atoms with van der Waals surface area (Å²) < 4.78 is 28.7. The van der Waals surface area contributed by atoms with Gasteiger partial charge in [0.05, 0.1) is 22.1 Å². The van der Waals surface area contributed by atoms with Crippen LogP contribution >= 0.6 is 0 Å². The van der Waals surface area contributed by atoms with Gasteiger partial charge in [-0.1, -0.05) is 78.4 Å². The Kier molecular flexibility index (Phi) is 9.08. The molecule has 0 amide bonds. The van der Waals surface area contributed by atoms with Crippen molar-refractivity contribution in [2.75, 3.05) is 17.4 Å². The van der Waals surface area contributed by atoms with Crippen molar-refractivity contribution in [1.29, 1.82) is 0 Å². The van der Waals surface area contributed by atoms with Crippen molar-refractivity contribution in [3.8, 4) is 0 Å². The zero-order chi connectivity index (χ0) is 27.8. The van der Waals surface area contributed by atoms with Gasteiger partial charge in [-0.15, -0.1) is 0 Å². The highest BCUT2D eigenvalue weighted by Gasteiger charge is 2.29. The number of aliphatic hydroxyl groups is 1. The van der Waals surface area contributed by atoms with Gasteiger partial charge in [-0.25, -0.2) is 8.42 Å². The number of nitro benzene ring substituents is 1. The SMILES string of the molecule is Cc1ccc(N(C[C@@H](O)C[NH+](Cc2ccccc2)Cc2ccccc2)S(=O)(=O)c2ccc([N+](=O)[O-])cc2)cc1. The number of nitro groups is 1. The lowest BCUT2D eigenvalue weighted by Gasteiger charge is -2.29. The summed E-state index contributed by atoms with van der Waals surface area (Å²) in [6, 6.07) is 31.8. The lowest BCUT2D eigenvalue weighted by atomic mass is 10.1. The van der Waals surface area contributed by atoms with Crippen LogP contribution < -0.4 is 9.21 Å². The van der Waals surface area contributed by atoms with Gasteiger partial charge in [0, 0.05) is 23.3 Å². The van der Waals surface area contributed by atoms with Crippen LogP contribution in [0.1, 0.15) is 16.7 Å². The van der Waals surface area contributed by atoms with Gasteiger partial charge in [-0.3, -0.25) is 14.4 Å². The summed E-state index contributed by atoms with van der Waals surface area (Å²) in [5, 5.41) is 22.3. The molecule has 0 unspecified atom stereocenters. The number of aliphatic hydroxyl groups excluding tert-OH is 1. The molecule has 0 saturated carbocycles. The second kappa shape index (κ2) is 12.7. The van der Waals surface area contributed by atoms with Crippen molar-refractivity contribution in [2.24, 2.45) is 0 Å². The normalized spacial score (nSPS) is 12.3. The third kappa shape index (κ3) is 7.51. The van der Waals surface area contributed by atoms with E-state index in [0.717, 1.165) is 21.6 Å². The number of hydrogen-bond acceptors (Lipinski definition) is 5. The number of sulfonamides is 1. The Balaban J connectivity index is 1.60. The Morgan fingerprint density at radius 3 is 1.82 bits per heavy atom. The maximum absolute atomic E-state index is 13.7. The first-order chi connectivity index (χ1) is 18.7. The van der Waals surface area contributed by atoms with E-state index in [-0.39, 0.29) is 17.1 Å². The minimum absolute atomic E-state index is 0.0846. The van der Waals surface area contributed by atoms with Crippen molar-refractivity contribution < 1.29 is 23.3 Å². The molecular weight excluding hydrogens is 514 g/mol. The number of non-ortho nitro benzene ring substituents is 1. The van der Waals surface area contributed by atoms with Crippen LogP contribution in [0.15, 0.2) is 114 Å². The zero-order valence-corrected chi connectivity index (χ0v) is 22.5. The van der Waals surface area contributed by atoms with E-state index in [0.29, 0.717) is 25.3 Å². The molecule has 39 heavy (non-hydrogen) atoms. The maximum Gasteiger partial charge on any atom is 0.269 e. The summed E-state index contributed by atoms with van der Waals surface area (Å²) in [6.45, 7) is 3.36. The first-order valence-corrected chi connectivity index (χ1v) is 14.1. The summed E-state index contributed by atoms with van der Waals surface area (Å²) in [5.74, 6) is 0. The van der Waals surface area contributed by atoms with Crippen LogP contribution in [-0.4, -0.2) is 37.6 Å². The van der Waals surface area contributed by atoms with Crippen LogP contribution in [-0.2, 0) is 23.1 Å². The molecule has 0 aromatic heterocycles. The summed E-state index contributed by atoms with van der Waals surface area (Å²) in [6.07, 6.45) is -0.985. The van der Waals surface area contributed by atoms with Crippen molar-refractivity contribution >= 4 is 21.4 Å².